The molecule has 0 spiro atoms. The van der Waals surface area contributed by atoms with Gasteiger partial charge in [0.05, 0.1) is 16.9 Å². The van der Waals surface area contributed by atoms with Crippen LogP contribution in [-0.4, -0.2) is 26.3 Å². The summed E-state index contributed by atoms with van der Waals surface area (Å²) in [5, 5.41) is 19.8. The summed E-state index contributed by atoms with van der Waals surface area (Å²) in [6.45, 7) is 1.67. The van der Waals surface area contributed by atoms with Gasteiger partial charge in [0, 0.05) is 17.1 Å². The first-order valence-electron chi connectivity index (χ1n) is 5.82. The number of rotatable bonds is 3. The molecule has 0 fully saturated rings. The summed E-state index contributed by atoms with van der Waals surface area (Å²) in [6.07, 6.45) is 1.77. The number of carboxylic acid groups (broad SMARTS) is 1. The number of hydrogen-bond donors (Lipinski definition) is 4. The second-order valence-electron chi connectivity index (χ2n) is 4.32. The van der Waals surface area contributed by atoms with Gasteiger partial charge >= 0.3 is 5.97 Å². The first-order chi connectivity index (χ1) is 9.60. The van der Waals surface area contributed by atoms with Crippen LogP contribution in [-0.2, 0) is 0 Å². The Morgan fingerprint density at radius 1 is 1.45 bits per heavy atom. The van der Waals surface area contributed by atoms with Crippen molar-refractivity contribution in [2.45, 2.75) is 6.92 Å². The molecule has 0 saturated heterocycles. The van der Waals surface area contributed by atoms with Crippen LogP contribution >= 0.6 is 11.3 Å². The van der Waals surface area contributed by atoms with Crippen molar-refractivity contribution in [1.82, 2.24) is 9.97 Å². The number of carboxylic acids is 1. The molecular weight excluding hydrogens is 278 g/mol. The second kappa shape index (κ2) is 4.62. The van der Waals surface area contributed by atoms with Crippen molar-refractivity contribution in [3.63, 3.8) is 0 Å². The van der Waals surface area contributed by atoms with Crippen molar-refractivity contribution in [3.05, 3.63) is 35.0 Å². The fourth-order valence-corrected chi connectivity index (χ4v) is 2.99. The van der Waals surface area contributed by atoms with E-state index in [-0.39, 0.29) is 4.88 Å². The molecule has 0 saturated carbocycles. The number of thiazole rings is 1. The van der Waals surface area contributed by atoms with E-state index in [2.05, 4.69) is 15.4 Å². The van der Waals surface area contributed by atoms with Crippen LogP contribution in [0.2, 0.25) is 0 Å². The van der Waals surface area contributed by atoms with E-state index in [9.17, 15) is 10.0 Å². The van der Waals surface area contributed by atoms with Crippen molar-refractivity contribution < 1.29 is 15.1 Å². The smallest absolute Gasteiger partial charge is 0.347 e. The number of carbonyl (C=O) groups is 1. The molecular formula is C13H11N3O3S. The number of nitrogens with zero attached hydrogens (tertiary/aromatic N) is 1. The van der Waals surface area contributed by atoms with Crippen molar-refractivity contribution in [3.8, 4) is 10.6 Å². The fourth-order valence-electron chi connectivity index (χ4n) is 2.10. The largest absolute Gasteiger partial charge is 0.477 e. The first kappa shape index (κ1) is 12.6. The van der Waals surface area contributed by atoms with Gasteiger partial charge in [0.1, 0.15) is 9.88 Å². The minimum absolute atomic E-state index is 0.229. The fraction of sp³-hybridized carbons (Fsp3) is 0.0769. The van der Waals surface area contributed by atoms with Gasteiger partial charge in [-0.15, -0.1) is 11.3 Å². The molecule has 1 aromatic carbocycles. The summed E-state index contributed by atoms with van der Waals surface area (Å²) in [5.74, 6) is -0.977. The van der Waals surface area contributed by atoms with E-state index in [4.69, 9.17) is 5.11 Å². The predicted octanol–water partition coefficient (Wildman–Crippen LogP) is 3.10. The highest BCUT2D eigenvalue weighted by molar-refractivity contribution is 7.17. The average molecular weight is 289 g/mol. The van der Waals surface area contributed by atoms with Gasteiger partial charge in [-0.05, 0) is 25.1 Å². The maximum Gasteiger partial charge on any atom is 0.347 e. The van der Waals surface area contributed by atoms with Gasteiger partial charge in [-0.3, -0.25) is 10.7 Å². The van der Waals surface area contributed by atoms with Gasteiger partial charge in [0.2, 0.25) is 0 Å². The zero-order chi connectivity index (χ0) is 14.3. The van der Waals surface area contributed by atoms with Gasteiger partial charge in [-0.2, -0.15) is 0 Å². The van der Waals surface area contributed by atoms with E-state index >= 15 is 0 Å². The van der Waals surface area contributed by atoms with E-state index < -0.39 is 5.97 Å². The van der Waals surface area contributed by atoms with Gasteiger partial charge in [0.15, 0.2) is 0 Å². The molecule has 0 unspecified atom stereocenters. The van der Waals surface area contributed by atoms with E-state index in [1.165, 1.54) is 0 Å². The van der Waals surface area contributed by atoms with Crippen molar-refractivity contribution in [2.24, 2.45) is 0 Å². The second-order valence-corrected chi connectivity index (χ2v) is 5.32. The Bertz CT molecular complexity index is 806. The number of fused-ring (bicyclic) bond motifs is 1. The molecule has 2 heterocycles. The standard InChI is InChI=1S/C13H11N3O3S/c1-6-11(13(17)18)20-12(15-6)8-4-7-2-3-14-10(7)9(5-8)16-19/h2-5,14,16,19H,1H3,(H,17,18). The lowest BCUT2D eigenvalue weighted by Crippen LogP contribution is -1.94. The van der Waals surface area contributed by atoms with Gasteiger partial charge in [-0.1, -0.05) is 0 Å². The van der Waals surface area contributed by atoms with Crippen molar-refractivity contribution >= 4 is 33.9 Å². The molecule has 0 bridgehead atoms. The number of nitrogens with one attached hydrogen (secondary N) is 2. The monoisotopic (exact) mass is 289 g/mol. The molecule has 4 N–H and O–H groups in total. The van der Waals surface area contributed by atoms with Crippen LogP contribution in [0.4, 0.5) is 5.69 Å². The molecule has 3 aromatic rings. The van der Waals surface area contributed by atoms with E-state index in [0.717, 1.165) is 27.8 Å². The third-order valence-electron chi connectivity index (χ3n) is 3.02. The molecule has 6 nitrogen and oxygen atoms in total. The summed E-state index contributed by atoms with van der Waals surface area (Å²) < 4.78 is 0. The van der Waals surface area contributed by atoms with Crippen LogP contribution in [0.1, 0.15) is 15.4 Å². The van der Waals surface area contributed by atoms with E-state index in [1.54, 1.807) is 19.2 Å². The number of H-pyrrole nitrogens is 1. The molecule has 0 atom stereocenters. The Hall–Kier alpha value is -2.38. The number of aromatic amines is 1. The van der Waals surface area contributed by atoms with Crippen LogP contribution in [0.5, 0.6) is 0 Å². The third-order valence-corrected chi connectivity index (χ3v) is 4.21. The predicted molar refractivity (Wildman–Crippen MR) is 76.5 cm³/mol. The molecule has 7 heteroatoms. The average Bonchev–Trinajstić information content (AvgIpc) is 3.03. The Labute approximate surface area is 117 Å². The number of aromatic carboxylic acids is 1. The topological polar surface area (TPSA) is 98.2 Å². The minimum atomic E-state index is -0.977. The quantitative estimate of drug-likeness (QED) is 0.555. The Balaban J connectivity index is 2.18. The molecule has 0 aliphatic rings. The normalized spacial score (nSPS) is 10.9. The highest BCUT2D eigenvalue weighted by Gasteiger charge is 2.16. The zero-order valence-corrected chi connectivity index (χ0v) is 11.3. The summed E-state index contributed by atoms with van der Waals surface area (Å²) in [6, 6.07) is 5.50. The van der Waals surface area contributed by atoms with Gasteiger partial charge < -0.3 is 10.1 Å². The molecule has 102 valence electrons. The molecule has 0 aliphatic heterocycles. The van der Waals surface area contributed by atoms with Crippen LogP contribution < -0.4 is 5.48 Å². The van der Waals surface area contributed by atoms with Gasteiger partial charge in [0.25, 0.3) is 0 Å². The van der Waals surface area contributed by atoms with E-state index in [0.29, 0.717) is 16.4 Å². The lowest BCUT2D eigenvalue weighted by molar-refractivity contribution is 0.0701. The molecule has 0 radical (unpaired) electrons. The van der Waals surface area contributed by atoms with Crippen LogP contribution in [0.3, 0.4) is 0 Å². The molecule has 3 rings (SSSR count). The summed E-state index contributed by atoms with van der Waals surface area (Å²) in [7, 11) is 0. The number of hydrogen-bond acceptors (Lipinski definition) is 5. The zero-order valence-electron chi connectivity index (χ0n) is 10.5. The van der Waals surface area contributed by atoms with Gasteiger partial charge in [-0.25, -0.2) is 9.78 Å². The lowest BCUT2D eigenvalue weighted by Gasteiger charge is -2.04. The van der Waals surface area contributed by atoms with Crippen LogP contribution in [0.15, 0.2) is 24.4 Å². The summed E-state index contributed by atoms with van der Waals surface area (Å²) in [5.41, 5.74) is 4.69. The maximum atomic E-state index is 11.1. The number of aromatic nitrogens is 2. The molecule has 0 amide bonds. The molecule has 0 aliphatic carbocycles. The number of aryl methyl sites for hydroxylation is 1. The van der Waals surface area contributed by atoms with E-state index in [1.807, 2.05) is 12.1 Å². The molecule has 20 heavy (non-hydrogen) atoms. The lowest BCUT2D eigenvalue weighted by atomic mass is 10.1. The maximum absolute atomic E-state index is 11.1. The summed E-state index contributed by atoms with van der Waals surface area (Å²) in [4.78, 5) is 18.6. The van der Waals surface area contributed by atoms with Crippen LogP contribution in [0, 0.1) is 6.92 Å². The Morgan fingerprint density at radius 3 is 2.90 bits per heavy atom. The number of benzene rings is 1. The van der Waals surface area contributed by atoms with Crippen molar-refractivity contribution in [2.75, 3.05) is 5.48 Å². The highest BCUT2D eigenvalue weighted by atomic mass is 32.1. The summed E-state index contributed by atoms with van der Waals surface area (Å²) >= 11 is 1.12. The minimum Gasteiger partial charge on any atom is -0.477 e. The number of anilines is 1. The third kappa shape index (κ3) is 1.93. The SMILES string of the molecule is Cc1nc(-c2cc(NO)c3[nH]ccc3c2)sc1C(=O)O. The van der Waals surface area contributed by atoms with Crippen molar-refractivity contribution in [1.29, 1.82) is 0 Å². The highest BCUT2D eigenvalue weighted by Crippen LogP contribution is 2.33. The Morgan fingerprint density at radius 2 is 2.25 bits per heavy atom. The van der Waals surface area contributed by atoms with Crippen LogP contribution in [0.25, 0.3) is 21.5 Å². The first-order valence-corrected chi connectivity index (χ1v) is 6.64. The Kier molecular flexibility index (Phi) is 2.92. The molecule has 2 aromatic heterocycles.